The number of ether oxygens (including phenoxy) is 1. The molecule has 2 aromatic carbocycles. The van der Waals surface area contributed by atoms with Crippen LogP contribution in [0.15, 0.2) is 47.1 Å². The molecule has 2 unspecified atom stereocenters. The minimum atomic E-state index is -0.956. The first-order valence-electron chi connectivity index (χ1n) is 9.77. The molecule has 0 bridgehead atoms. The van der Waals surface area contributed by atoms with Crippen LogP contribution in [0, 0.1) is 5.21 Å². The Bertz CT molecular complexity index is 1050. The van der Waals surface area contributed by atoms with Gasteiger partial charge in [0.1, 0.15) is 17.2 Å². The number of benzene rings is 2. The van der Waals surface area contributed by atoms with E-state index < -0.39 is 17.7 Å². The maximum atomic E-state index is 11.3. The summed E-state index contributed by atoms with van der Waals surface area (Å²) in [5.74, 6) is -0.681. The number of hydrogen-bond donors (Lipinski definition) is 5. The summed E-state index contributed by atoms with van der Waals surface area (Å²) in [4.78, 5) is 11.2. The van der Waals surface area contributed by atoms with Crippen LogP contribution >= 0.6 is 12.4 Å². The van der Waals surface area contributed by atoms with Gasteiger partial charge in [-0.2, -0.15) is 0 Å². The molecule has 2 atom stereocenters. The number of nitrogens with one attached hydrogen (secondary N) is 1. The summed E-state index contributed by atoms with van der Waals surface area (Å²) < 4.78 is 9.90. The van der Waals surface area contributed by atoms with E-state index in [1.807, 2.05) is 19.1 Å². The Hall–Kier alpha value is -3.54. The van der Waals surface area contributed by atoms with Gasteiger partial charge in [0.05, 0.1) is 6.10 Å². The van der Waals surface area contributed by atoms with Gasteiger partial charge >= 0.3 is 0 Å². The number of aliphatic hydroxyl groups excluding tert-OH is 1. The number of nitrogens with zero attached hydrogens (tertiary/aromatic N) is 2. The Balaban J connectivity index is 0.00000385. The molecule has 3 rings (SSSR count). The monoisotopic (exact) mass is 480 g/mol. The van der Waals surface area contributed by atoms with Gasteiger partial charge in [0, 0.05) is 23.8 Å². The molecule has 0 aliphatic carbocycles. The number of nitrogens with two attached hydrogens (primary N) is 1. The second-order valence-corrected chi connectivity index (χ2v) is 7.33. The zero-order valence-corrected chi connectivity index (χ0v) is 18.5. The smallest absolute Gasteiger partial charge is 0.297 e. The van der Waals surface area contributed by atoms with Crippen molar-refractivity contribution in [3.8, 4) is 17.2 Å². The molecule has 0 aliphatic heterocycles. The standard InChI is InChI=1S/C21H24N4O7.ClH/c1-12(23-10-19(28)14-7-15(26)9-16(27)8-14)6-13-2-4-17(5-3-13)31-11-18-20(21(22)29)25(30)32-24-18;/h2-5,7-9,12,19,23,26-28H,6,10-11H2,1H3,(H2,22,29);1H. The van der Waals surface area contributed by atoms with Crippen LogP contribution in [-0.4, -0.2) is 39.0 Å². The van der Waals surface area contributed by atoms with Crippen LogP contribution in [0.25, 0.3) is 0 Å². The number of phenols is 2. The number of primary amides is 1. The van der Waals surface area contributed by atoms with Crippen LogP contribution in [0.5, 0.6) is 17.2 Å². The molecular formula is C21H25ClN4O7. The molecule has 1 heterocycles. The molecule has 1 aromatic heterocycles. The number of carbonyl (C=O) groups is 1. The minimum absolute atomic E-state index is 0. The van der Waals surface area contributed by atoms with Gasteiger partial charge < -0.3 is 36.3 Å². The number of aliphatic hydroxyl groups is 1. The van der Waals surface area contributed by atoms with Crippen LogP contribution in [-0.2, 0) is 13.0 Å². The number of aromatic hydroxyl groups is 2. The quantitative estimate of drug-likeness (QED) is 0.265. The summed E-state index contributed by atoms with van der Waals surface area (Å²) >= 11 is 0. The fraction of sp³-hybridized carbons (Fsp3) is 0.286. The Morgan fingerprint density at radius 3 is 2.48 bits per heavy atom. The van der Waals surface area contributed by atoms with E-state index in [2.05, 4.69) is 15.1 Å². The Morgan fingerprint density at radius 2 is 1.88 bits per heavy atom. The number of carbonyl (C=O) groups excluding carboxylic acids is 1. The molecule has 0 saturated carbocycles. The summed E-state index contributed by atoms with van der Waals surface area (Å²) in [6.45, 7) is 2.05. The molecule has 0 radical (unpaired) electrons. The molecule has 3 aromatic rings. The Labute approximate surface area is 195 Å². The summed E-state index contributed by atoms with van der Waals surface area (Å²) in [7, 11) is 0. The maximum absolute atomic E-state index is 11.3. The minimum Gasteiger partial charge on any atom is -0.508 e. The maximum Gasteiger partial charge on any atom is 0.297 e. The van der Waals surface area contributed by atoms with Gasteiger partial charge in [-0.25, -0.2) is 0 Å². The van der Waals surface area contributed by atoms with Crippen molar-refractivity contribution in [2.24, 2.45) is 5.73 Å². The van der Waals surface area contributed by atoms with E-state index in [4.69, 9.17) is 10.5 Å². The summed E-state index contributed by atoms with van der Waals surface area (Å²) in [5, 5.41) is 47.3. The molecule has 0 saturated heterocycles. The van der Waals surface area contributed by atoms with Gasteiger partial charge in [0.2, 0.25) is 0 Å². The highest BCUT2D eigenvalue weighted by atomic mass is 35.5. The third-order valence-corrected chi connectivity index (χ3v) is 4.72. The molecular weight excluding hydrogens is 456 g/mol. The van der Waals surface area contributed by atoms with E-state index in [9.17, 15) is 25.3 Å². The van der Waals surface area contributed by atoms with E-state index in [1.54, 1.807) is 12.1 Å². The fourth-order valence-corrected chi connectivity index (χ4v) is 3.14. The topological polar surface area (TPSA) is 178 Å². The van der Waals surface area contributed by atoms with Gasteiger partial charge in [-0.15, -0.1) is 12.4 Å². The lowest BCUT2D eigenvalue weighted by atomic mass is 10.1. The number of aromatic nitrogens is 2. The molecule has 33 heavy (non-hydrogen) atoms. The van der Waals surface area contributed by atoms with Gasteiger partial charge in [-0.1, -0.05) is 12.1 Å². The van der Waals surface area contributed by atoms with Crippen molar-refractivity contribution in [3.05, 3.63) is 70.2 Å². The highest BCUT2D eigenvalue weighted by Crippen LogP contribution is 2.24. The zero-order chi connectivity index (χ0) is 23.3. The lowest BCUT2D eigenvalue weighted by Crippen LogP contribution is -2.35. The predicted octanol–water partition coefficient (Wildman–Crippen LogP) is 1.07. The molecule has 0 fully saturated rings. The molecule has 0 aliphatic rings. The lowest BCUT2D eigenvalue weighted by Gasteiger charge is -2.18. The third-order valence-electron chi connectivity index (χ3n) is 4.72. The first kappa shape index (κ1) is 25.7. The van der Waals surface area contributed by atoms with Gasteiger partial charge in [0.15, 0.2) is 6.61 Å². The van der Waals surface area contributed by atoms with Crippen LogP contribution in [0.4, 0.5) is 0 Å². The van der Waals surface area contributed by atoms with Crippen LogP contribution in [0.3, 0.4) is 0 Å². The van der Waals surface area contributed by atoms with Gasteiger partial charge in [0.25, 0.3) is 17.3 Å². The lowest BCUT2D eigenvalue weighted by molar-refractivity contribution is -0.803. The van der Waals surface area contributed by atoms with E-state index in [0.717, 1.165) is 5.56 Å². The number of amides is 1. The number of rotatable bonds is 10. The fourth-order valence-electron chi connectivity index (χ4n) is 3.14. The Morgan fingerprint density at radius 1 is 1.24 bits per heavy atom. The first-order valence-corrected chi connectivity index (χ1v) is 9.77. The van der Waals surface area contributed by atoms with Gasteiger partial charge in [-0.3, -0.25) is 9.42 Å². The summed E-state index contributed by atoms with van der Waals surface area (Å²) in [5.41, 5.74) is 6.16. The van der Waals surface area contributed by atoms with Crippen LogP contribution in [0.1, 0.15) is 40.3 Å². The predicted molar refractivity (Wildman–Crippen MR) is 118 cm³/mol. The van der Waals surface area contributed by atoms with Crippen molar-refractivity contribution < 1.29 is 34.4 Å². The number of hydrogen-bond acceptors (Lipinski definition) is 9. The highest BCUT2D eigenvalue weighted by molar-refractivity contribution is 5.90. The third kappa shape index (κ3) is 6.97. The van der Waals surface area contributed by atoms with E-state index >= 15 is 0 Å². The molecule has 1 amide bonds. The second-order valence-electron chi connectivity index (χ2n) is 7.33. The summed E-state index contributed by atoms with van der Waals surface area (Å²) in [6.07, 6.45) is -0.218. The van der Waals surface area contributed by atoms with Crippen molar-refractivity contribution in [1.82, 2.24) is 10.5 Å². The molecule has 11 nitrogen and oxygen atoms in total. The van der Waals surface area contributed by atoms with E-state index in [-0.39, 0.29) is 53.7 Å². The SMILES string of the molecule is CC(Cc1ccc(OCc2no[n+]([O-])c2C(N)=O)cc1)NCC(O)c1cc(O)cc(O)c1.Cl. The number of halogens is 1. The van der Waals surface area contributed by atoms with Gasteiger partial charge in [-0.05, 0) is 53.6 Å². The normalized spacial score (nSPS) is 12.5. The zero-order valence-electron chi connectivity index (χ0n) is 17.7. The largest absolute Gasteiger partial charge is 0.508 e. The molecule has 178 valence electrons. The Kier molecular flexibility index (Phi) is 8.85. The average Bonchev–Trinajstić information content (AvgIpc) is 3.11. The van der Waals surface area contributed by atoms with Crippen molar-refractivity contribution in [1.29, 1.82) is 0 Å². The highest BCUT2D eigenvalue weighted by Gasteiger charge is 2.24. The van der Waals surface area contributed by atoms with E-state index in [1.165, 1.54) is 18.2 Å². The van der Waals surface area contributed by atoms with Crippen molar-refractivity contribution in [2.75, 3.05) is 6.54 Å². The molecule has 0 spiro atoms. The number of phenolic OH excluding ortho intramolecular Hbond substituents is 2. The van der Waals surface area contributed by atoms with Crippen molar-refractivity contribution in [2.45, 2.75) is 32.1 Å². The molecule has 6 N–H and O–H groups in total. The average molecular weight is 481 g/mol. The first-order chi connectivity index (χ1) is 15.2. The molecule has 12 heteroatoms. The van der Waals surface area contributed by atoms with Crippen molar-refractivity contribution in [3.63, 3.8) is 0 Å². The summed E-state index contributed by atoms with van der Waals surface area (Å²) in [6, 6.07) is 11.2. The van der Waals surface area contributed by atoms with E-state index in [0.29, 0.717) is 17.7 Å². The van der Waals surface area contributed by atoms with Crippen molar-refractivity contribution >= 4 is 18.3 Å². The van der Waals surface area contributed by atoms with Crippen LogP contribution < -0.4 is 20.7 Å². The second kappa shape index (κ2) is 11.4. The van der Waals surface area contributed by atoms with Crippen LogP contribution in [0.2, 0.25) is 0 Å².